The highest BCUT2D eigenvalue weighted by molar-refractivity contribution is 7.92. The van der Waals surface area contributed by atoms with Gasteiger partial charge in [-0.1, -0.05) is 34.8 Å². The van der Waals surface area contributed by atoms with Gasteiger partial charge < -0.3 is 66.1 Å². The van der Waals surface area contributed by atoms with Gasteiger partial charge in [-0.2, -0.15) is 30.2 Å². The second-order valence-corrected chi connectivity index (χ2v) is 46.7. The quantitative estimate of drug-likeness (QED) is 0.0201. The zero-order valence-electron chi connectivity index (χ0n) is 78.8. The number of aryl methyl sites for hydroxylation is 6. The summed E-state index contributed by atoms with van der Waals surface area (Å²) < 4.78 is 101. The number of piperazine rings is 1. The molecule has 6 saturated carbocycles. The zero-order valence-corrected chi connectivity index (χ0v) is 83.6. The van der Waals surface area contributed by atoms with E-state index in [0.717, 1.165) is 118 Å². The summed E-state index contributed by atoms with van der Waals surface area (Å²) >= 11 is 19.4. The van der Waals surface area contributed by atoms with E-state index in [-0.39, 0.29) is 65.9 Å². The van der Waals surface area contributed by atoms with Crippen LogP contribution in [-0.2, 0) is 50.7 Å². The molecule has 38 heteroatoms. The number of hydrogen-bond donors (Lipinski definition) is 7. The number of halogens is 3. The summed E-state index contributed by atoms with van der Waals surface area (Å²) in [5, 5.41) is 34.3. The van der Waals surface area contributed by atoms with E-state index >= 15 is 0 Å². The minimum atomic E-state index is -3.64. The number of benzene rings is 3. The number of hydrogen-bond acceptors (Lipinski definition) is 29. The van der Waals surface area contributed by atoms with E-state index in [9.17, 15) is 25.3 Å². The number of rotatable bonds is 33. The molecule has 6 aliphatic carbocycles. The summed E-state index contributed by atoms with van der Waals surface area (Å²) in [6, 6.07) is 15.1. The van der Waals surface area contributed by atoms with Gasteiger partial charge >= 0.3 is 0 Å². The van der Waals surface area contributed by atoms with Crippen LogP contribution in [0.15, 0.2) is 88.7 Å². The Morgan fingerprint density at radius 3 is 1.00 bits per heavy atom. The topological polar surface area (TPSA) is 358 Å². The largest absolute Gasteiger partial charge is 0.488 e. The van der Waals surface area contributed by atoms with Gasteiger partial charge in [0.25, 0.3) is 0 Å². The molecule has 132 heavy (non-hydrogen) atoms. The average Bonchev–Trinajstić information content (AvgIpc) is 1.53. The first-order valence-corrected chi connectivity index (χ1v) is 52.7. The molecule has 8 fully saturated rings. The summed E-state index contributed by atoms with van der Waals surface area (Å²) in [4.78, 5) is 37.1. The third-order valence-electron chi connectivity index (χ3n) is 26.5. The fraction of sp³-hybridized carbons (Fsp3) is 0.585. The third-order valence-corrected chi connectivity index (χ3v) is 33.6. The van der Waals surface area contributed by atoms with Crippen LogP contribution in [0.4, 0.5) is 69.4 Å². The van der Waals surface area contributed by atoms with Gasteiger partial charge in [-0.25, -0.2) is 40.2 Å². The Bertz CT molecular complexity index is 5890. The lowest BCUT2D eigenvalue weighted by molar-refractivity contribution is 0.0878. The lowest BCUT2D eigenvalue weighted by Crippen LogP contribution is -2.49. The molecule has 3 aromatic carbocycles. The number of aromatic nitrogens is 12. The Labute approximate surface area is 793 Å². The lowest BCUT2D eigenvalue weighted by atomic mass is 9.79. The van der Waals surface area contributed by atoms with Gasteiger partial charge in [0.05, 0.1) is 86.8 Å². The van der Waals surface area contributed by atoms with Crippen molar-refractivity contribution in [3.05, 3.63) is 122 Å². The number of nitrogens with one attached hydrogen (secondary N) is 7. The van der Waals surface area contributed by atoms with Crippen molar-refractivity contribution in [2.24, 2.45) is 21.1 Å². The molecule has 0 bridgehead atoms. The molecule has 17 rings (SSSR count). The van der Waals surface area contributed by atoms with E-state index in [1.807, 2.05) is 0 Å². The first kappa shape index (κ1) is 97.8. The van der Waals surface area contributed by atoms with Crippen LogP contribution in [0.3, 0.4) is 0 Å². The molecule has 32 nitrogen and oxygen atoms in total. The number of likely N-dealkylation sites (tertiary alicyclic amines) is 1. The van der Waals surface area contributed by atoms with Crippen molar-refractivity contribution in [1.82, 2.24) is 84.2 Å². The third kappa shape index (κ3) is 24.4. The van der Waals surface area contributed by atoms with Gasteiger partial charge in [-0.05, 0) is 312 Å². The molecule has 6 aromatic heterocycles. The minimum Gasteiger partial charge on any atom is -0.488 e. The molecular weight excluding hydrogens is 1800 g/mol. The molecule has 9 aromatic rings. The second-order valence-electron chi connectivity index (χ2n) is 38.2. The highest BCUT2D eigenvalue weighted by atomic mass is 35.5. The summed E-state index contributed by atoms with van der Waals surface area (Å²) in [6.07, 6.45) is 33.3. The smallest absolute Gasteiger partial charge is 0.229 e. The molecule has 7 N–H and O–H groups in total. The summed E-state index contributed by atoms with van der Waals surface area (Å²) in [7, 11) is 0.538. The maximum Gasteiger partial charge on any atom is 0.229 e. The van der Waals surface area contributed by atoms with Crippen molar-refractivity contribution in [3.63, 3.8) is 0 Å². The van der Waals surface area contributed by atoms with Crippen LogP contribution in [0, 0.1) is 20.8 Å². The van der Waals surface area contributed by atoms with Crippen molar-refractivity contribution in [2.45, 2.75) is 276 Å². The van der Waals surface area contributed by atoms with Gasteiger partial charge in [0, 0.05) is 97.1 Å². The number of sulfone groups is 3. The van der Waals surface area contributed by atoms with E-state index in [1.54, 1.807) is 81.3 Å². The first-order valence-electron chi connectivity index (χ1n) is 47.0. The molecule has 2 aliphatic heterocycles. The van der Waals surface area contributed by atoms with Gasteiger partial charge in [0.2, 0.25) is 62.4 Å². The fourth-order valence-electron chi connectivity index (χ4n) is 18.3. The van der Waals surface area contributed by atoms with Crippen molar-refractivity contribution >= 4 is 134 Å². The number of anilines is 12. The zero-order chi connectivity index (χ0) is 93.8. The molecule has 0 atom stereocenters. The Kier molecular flexibility index (Phi) is 31.3. The van der Waals surface area contributed by atoms with Gasteiger partial charge in [-0.3, -0.25) is 18.9 Å². The van der Waals surface area contributed by atoms with Crippen LogP contribution in [-0.4, -0.2) is 230 Å². The van der Waals surface area contributed by atoms with E-state index in [1.165, 1.54) is 169 Å². The van der Waals surface area contributed by atoms with Crippen LogP contribution in [0.25, 0.3) is 0 Å². The SMILES string of the molecule is Cc1cc(Nc2ncc(Cl)c(Nc3cn(C)nc3S(=O)(=O)C(C)C)n2)c(OC2CC2)cc1C1CCC(N2CCCC2)CC1.Cc1cc(Nc2ncc(Cl)c(Nc3cn(C)nc3S(=O)(=O)C(C)C)n2)c(OC2CC2)cc1C1CCC(N2CCN(C)CC2)CC1.Cc1cc(Nc2ncc(Cl)c(Nc3cn(C)nc3S(=O)(=O)C(C)C)n2)c(OC2CC2)cc1C1CCC(NCCN(C)C)CC1. The second kappa shape index (κ2) is 42.2. The molecule has 2 saturated heterocycles. The standard InChI is InChI=1S/C32H45ClN8O3S.C31H45ClN8O3S.C31H42ClN7O3S/c1-20(2)45(42,43)31-28(19-40(5)38-31)35-30-26(33)18-34-32(37-30)36-27-16-21(3)25(17-29(27)44-24-10-11-24)22-6-8-23(9-7-22)41-14-12-39(4)13-15-41;1-19(2)44(41,42)30-27(18-40(6)38-30)35-29-25(32)17-34-31(37-29)36-26-15-20(3)24(16-28(26)43-23-11-12-23)21-7-9-22(10-8-21)33-13-14-39(4)5;1-19(2)43(40,41)30-27(18-38(4)37-30)34-29-25(32)17-33-31(36-29)35-26-15-20(3)24(16-28(26)42-23-11-12-23)21-7-9-22(10-8-21)39-13-5-6-14-39/h16-20,22-24H,6-15H2,1-5H3,(H2,34,35,36,37);15-19,21-23,33H,7-14H2,1-6H3,(H2,34,35,36,37);15-19,21-23H,5-14H2,1-4H3,(H2,33,34,35,36). The maximum atomic E-state index is 12.9. The van der Waals surface area contributed by atoms with Crippen LogP contribution < -0.4 is 51.4 Å². The Morgan fingerprint density at radius 1 is 0.402 bits per heavy atom. The average molecular weight is 1930 g/mol. The van der Waals surface area contributed by atoms with Gasteiger partial charge in [0.1, 0.15) is 32.3 Å². The van der Waals surface area contributed by atoms with Crippen molar-refractivity contribution in [3.8, 4) is 17.2 Å². The van der Waals surface area contributed by atoms with Crippen LogP contribution in [0.1, 0.15) is 221 Å². The maximum absolute atomic E-state index is 12.9. The lowest BCUT2D eigenvalue weighted by Gasteiger charge is -2.41. The van der Waals surface area contributed by atoms with Crippen LogP contribution in [0.5, 0.6) is 17.2 Å². The van der Waals surface area contributed by atoms with Gasteiger partial charge in [-0.15, -0.1) is 0 Å². The number of nitrogens with zero attached hydrogens (tertiary/aromatic N) is 16. The van der Waals surface area contributed by atoms with E-state index in [2.05, 4.69) is 180 Å². The normalized spacial score (nSPS) is 20.7. The van der Waals surface area contributed by atoms with Crippen molar-refractivity contribution in [2.75, 3.05) is 105 Å². The summed E-state index contributed by atoms with van der Waals surface area (Å²) in [6.45, 7) is 25.5. The van der Waals surface area contributed by atoms with Gasteiger partial charge in [0.15, 0.2) is 17.5 Å². The predicted octanol–water partition coefficient (Wildman–Crippen LogP) is 17.7. The molecule has 8 aliphatic rings. The summed E-state index contributed by atoms with van der Waals surface area (Å²) in [5.74, 6) is 5.74. The highest BCUT2D eigenvalue weighted by Gasteiger charge is 2.38. The molecular formula is C94H132Cl3N23O9S3. The molecule has 0 spiro atoms. The van der Waals surface area contributed by atoms with Crippen molar-refractivity contribution in [1.29, 1.82) is 0 Å². The van der Waals surface area contributed by atoms with Crippen LogP contribution >= 0.6 is 34.8 Å². The van der Waals surface area contributed by atoms with E-state index < -0.39 is 45.3 Å². The molecule has 0 unspecified atom stereocenters. The molecule has 716 valence electrons. The van der Waals surface area contributed by atoms with E-state index in [4.69, 9.17) is 49.0 Å². The summed E-state index contributed by atoms with van der Waals surface area (Å²) in [5.41, 5.74) is 11.0. The molecule has 0 amide bonds. The number of ether oxygens (including phenoxy) is 3. The first-order chi connectivity index (χ1) is 63.0. The Morgan fingerprint density at radius 2 is 0.705 bits per heavy atom. The predicted molar refractivity (Wildman–Crippen MR) is 523 cm³/mol. The highest BCUT2D eigenvalue weighted by Crippen LogP contribution is 2.48. The number of likely N-dealkylation sites (N-methyl/N-ethyl adjacent to an activating group) is 2. The Balaban J connectivity index is 0.000000151. The molecule has 8 heterocycles. The molecule has 0 radical (unpaired) electrons. The van der Waals surface area contributed by atoms with Crippen molar-refractivity contribution < 1.29 is 39.5 Å². The Hall–Kier alpha value is -8.75. The minimum absolute atomic E-state index is 0.0463. The van der Waals surface area contributed by atoms with Crippen LogP contribution in [0.2, 0.25) is 15.1 Å². The fourth-order valence-corrected chi connectivity index (χ4v) is 22.0. The monoisotopic (exact) mass is 1930 g/mol. The van der Waals surface area contributed by atoms with E-state index in [0.29, 0.717) is 64.7 Å².